The minimum atomic E-state index is 0.123. The summed E-state index contributed by atoms with van der Waals surface area (Å²) >= 11 is 0. The zero-order valence-electron chi connectivity index (χ0n) is 27.4. The minimum Gasteiger partial charge on any atom is -0.383 e. The Morgan fingerprint density at radius 1 is 0.907 bits per heavy atom. The average molecular weight is 582 g/mol. The van der Waals surface area contributed by atoms with Gasteiger partial charge in [-0.05, 0) is 105 Å². The third-order valence-electron chi connectivity index (χ3n) is 9.63. The fraction of sp³-hybridized carbons (Fsp3) is 0.472. The minimum absolute atomic E-state index is 0.123. The second-order valence-electron chi connectivity index (χ2n) is 12.3. The predicted molar refractivity (Wildman–Crippen MR) is 177 cm³/mol. The van der Waals surface area contributed by atoms with Crippen LogP contribution in [0, 0.1) is 20.8 Å². The topological polar surface area (TPSA) is 86.9 Å². The summed E-state index contributed by atoms with van der Waals surface area (Å²) in [6, 6.07) is 6.70. The molecule has 0 saturated carbocycles. The number of hydrogen-bond acceptors (Lipinski definition) is 4. The van der Waals surface area contributed by atoms with Crippen LogP contribution >= 0.6 is 0 Å². The number of aromatic amines is 2. The van der Waals surface area contributed by atoms with Crippen LogP contribution in [0.25, 0.3) is 33.7 Å². The number of carbonyl (C=O) groups is 1. The molecule has 3 aromatic heterocycles. The van der Waals surface area contributed by atoms with E-state index in [0.29, 0.717) is 19.6 Å². The van der Waals surface area contributed by atoms with Gasteiger partial charge >= 0.3 is 0 Å². The summed E-state index contributed by atoms with van der Waals surface area (Å²) in [5.74, 6) is 0.425. The highest BCUT2D eigenvalue weighted by atomic mass is 16.5. The van der Waals surface area contributed by atoms with Crippen molar-refractivity contribution in [3.05, 3.63) is 68.8 Å². The van der Waals surface area contributed by atoms with Gasteiger partial charge in [-0.15, -0.1) is 0 Å². The molecule has 43 heavy (non-hydrogen) atoms. The van der Waals surface area contributed by atoms with Crippen LogP contribution in [0.15, 0.2) is 18.2 Å². The molecule has 3 aromatic rings. The van der Waals surface area contributed by atoms with Crippen LogP contribution in [0.5, 0.6) is 0 Å². The van der Waals surface area contributed by atoms with Crippen LogP contribution in [-0.4, -0.2) is 58.1 Å². The van der Waals surface area contributed by atoms with Crippen molar-refractivity contribution in [2.24, 2.45) is 0 Å². The van der Waals surface area contributed by atoms with E-state index in [-0.39, 0.29) is 17.7 Å². The Morgan fingerprint density at radius 3 is 2.16 bits per heavy atom. The molecule has 7 nitrogen and oxygen atoms in total. The lowest BCUT2D eigenvalue weighted by atomic mass is 9.85. The zero-order chi connectivity index (χ0) is 31.0. The number of fused-ring (bicyclic) bond motifs is 8. The van der Waals surface area contributed by atoms with Crippen molar-refractivity contribution in [2.75, 3.05) is 27.3 Å². The number of aryl methyl sites for hydroxylation is 4. The van der Waals surface area contributed by atoms with Gasteiger partial charge < -0.3 is 19.6 Å². The molecule has 228 valence electrons. The molecule has 0 fully saturated rings. The highest BCUT2D eigenvalue weighted by molar-refractivity contribution is 5.85. The van der Waals surface area contributed by atoms with Gasteiger partial charge in [-0.1, -0.05) is 20.8 Å². The number of nitrogens with one attached hydrogen (secondary N) is 2. The molecule has 5 heterocycles. The van der Waals surface area contributed by atoms with Crippen molar-refractivity contribution < 1.29 is 9.53 Å². The first-order valence-electron chi connectivity index (χ1n) is 15.7. The van der Waals surface area contributed by atoms with Gasteiger partial charge in [-0.2, -0.15) is 0 Å². The molecule has 0 aliphatic carbocycles. The molecule has 2 N–H and O–H groups in total. The summed E-state index contributed by atoms with van der Waals surface area (Å²) in [5.41, 5.74) is 15.9. The number of aromatic nitrogens is 4. The summed E-state index contributed by atoms with van der Waals surface area (Å²) in [4.78, 5) is 32.7. The van der Waals surface area contributed by atoms with E-state index >= 15 is 0 Å². The van der Waals surface area contributed by atoms with E-state index in [1.54, 1.807) is 12.0 Å². The van der Waals surface area contributed by atoms with Crippen molar-refractivity contribution in [3.8, 4) is 0 Å². The van der Waals surface area contributed by atoms with Gasteiger partial charge in [0.2, 0.25) is 5.91 Å². The maximum absolute atomic E-state index is 13.0. The van der Waals surface area contributed by atoms with E-state index in [1.165, 1.54) is 22.3 Å². The number of nitrogens with zero attached hydrogens (tertiary/aromatic N) is 3. The fourth-order valence-electron chi connectivity index (χ4n) is 6.73. The number of ether oxygens (including phenoxy) is 1. The summed E-state index contributed by atoms with van der Waals surface area (Å²) < 4.78 is 5.18. The lowest BCUT2D eigenvalue weighted by Crippen LogP contribution is -2.30. The van der Waals surface area contributed by atoms with Crippen LogP contribution in [0.1, 0.15) is 103 Å². The first kappa shape index (κ1) is 30.7. The van der Waals surface area contributed by atoms with E-state index in [2.05, 4.69) is 82.7 Å². The molecule has 0 aromatic carbocycles. The second kappa shape index (κ2) is 12.5. The quantitative estimate of drug-likeness (QED) is 0.285. The Labute approximate surface area is 255 Å². The van der Waals surface area contributed by atoms with Gasteiger partial charge in [0.1, 0.15) is 0 Å². The SMILES string of the molecule is CCc1c(C)c2cc3[nH]c(cc4nc(c(C)c5nc(cc1[nH]2)C(C)=C5)[C@@H](CCC(=O)N(C)CCOC)[C@@H]4C)c(C)c3CC. The van der Waals surface area contributed by atoms with Crippen molar-refractivity contribution in [3.63, 3.8) is 0 Å². The second-order valence-corrected chi connectivity index (χ2v) is 12.3. The maximum Gasteiger partial charge on any atom is 0.222 e. The van der Waals surface area contributed by atoms with Crippen molar-refractivity contribution in [1.29, 1.82) is 0 Å². The number of carbonyl (C=O) groups excluding carboxylic acids is 1. The third-order valence-corrected chi connectivity index (χ3v) is 9.63. The normalized spacial score (nSPS) is 16.4. The number of amides is 1. The first-order chi connectivity index (χ1) is 20.6. The van der Waals surface area contributed by atoms with E-state index in [9.17, 15) is 4.79 Å². The van der Waals surface area contributed by atoms with E-state index in [4.69, 9.17) is 14.7 Å². The number of hydrogen-bond donors (Lipinski definition) is 2. The average Bonchev–Trinajstić information content (AvgIpc) is 3.68. The van der Waals surface area contributed by atoms with Gasteiger partial charge in [0.25, 0.3) is 0 Å². The largest absolute Gasteiger partial charge is 0.383 e. The molecule has 2 atom stereocenters. The van der Waals surface area contributed by atoms with Crippen LogP contribution < -0.4 is 0 Å². The summed E-state index contributed by atoms with van der Waals surface area (Å²) in [7, 11) is 3.51. The van der Waals surface area contributed by atoms with Crippen LogP contribution in [-0.2, 0) is 22.4 Å². The molecule has 0 spiro atoms. The Morgan fingerprint density at radius 2 is 1.53 bits per heavy atom. The Hall–Kier alpha value is -3.71. The molecule has 7 heteroatoms. The monoisotopic (exact) mass is 581 g/mol. The Bertz CT molecular complexity index is 1740. The molecule has 5 rings (SSSR count). The van der Waals surface area contributed by atoms with Crippen LogP contribution in [0.4, 0.5) is 0 Å². The van der Waals surface area contributed by atoms with Gasteiger partial charge in [-0.3, -0.25) is 9.78 Å². The molecule has 0 unspecified atom stereocenters. The maximum atomic E-state index is 13.0. The highest BCUT2D eigenvalue weighted by Crippen LogP contribution is 2.42. The number of H-pyrrole nitrogens is 2. The molecule has 2 aliphatic rings. The molecule has 2 aliphatic heterocycles. The summed E-state index contributed by atoms with van der Waals surface area (Å²) in [6.07, 6.45) is 5.26. The number of methoxy groups -OCH3 is 1. The smallest absolute Gasteiger partial charge is 0.222 e. The fourth-order valence-corrected chi connectivity index (χ4v) is 6.73. The van der Waals surface area contributed by atoms with Crippen LogP contribution in [0.3, 0.4) is 0 Å². The predicted octanol–water partition coefficient (Wildman–Crippen LogP) is 7.70. The lowest BCUT2D eigenvalue weighted by molar-refractivity contribution is -0.130. The number of likely N-dealkylation sites (N-methyl/N-ethyl adjacent to an activating group) is 1. The Balaban J connectivity index is 1.75. The molecule has 0 radical (unpaired) electrons. The lowest BCUT2D eigenvalue weighted by Gasteiger charge is -2.20. The summed E-state index contributed by atoms with van der Waals surface area (Å²) in [6.45, 7) is 16.5. The van der Waals surface area contributed by atoms with E-state index < -0.39 is 0 Å². The zero-order valence-corrected chi connectivity index (χ0v) is 27.4. The molecule has 1 amide bonds. The van der Waals surface area contributed by atoms with Crippen molar-refractivity contribution in [2.45, 2.75) is 86.0 Å². The molecule has 0 saturated heterocycles. The summed E-state index contributed by atoms with van der Waals surface area (Å²) in [5, 5.41) is 0. The van der Waals surface area contributed by atoms with Gasteiger partial charge in [0, 0.05) is 72.4 Å². The molecular weight excluding hydrogens is 534 g/mol. The number of rotatable bonds is 8. The van der Waals surface area contributed by atoms with Crippen molar-refractivity contribution >= 4 is 39.6 Å². The molecule has 8 bridgehead atoms. The van der Waals surface area contributed by atoms with Gasteiger partial charge in [0.05, 0.1) is 18.0 Å². The van der Waals surface area contributed by atoms with Gasteiger partial charge in [0.15, 0.2) is 0 Å². The van der Waals surface area contributed by atoms with E-state index in [1.807, 2.05) is 7.05 Å². The standard InChI is InChI=1S/C36H47N5O2/c1-10-25-22(5)31-19-34-26(11-2)21(4)30(38-34)18-32-23(6)27(12-13-35(42)41(8)14-15-43-9)36(40-32)24(7)29-16-20(3)28(37-29)17-33(25)39-31/h16-19,23,27,38-39H,10-15H2,1-9H3/t23-,27-/m0/s1. The highest BCUT2D eigenvalue weighted by Gasteiger charge is 2.31. The first-order valence-corrected chi connectivity index (χ1v) is 15.7. The molecular formula is C36H47N5O2. The third kappa shape index (κ3) is 5.79. The van der Waals surface area contributed by atoms with Crippen LogP contribution in [0.2, 0.25) is 0 Å². The van der Waals surface area contributed by atoms with E-state index in [0.717, 1.165) is 75.2 Å². The van der Waals surface area contributed by atoms with Gasteiger partial charge in [-0.25, -0.2) is 4.98 Å². The Kier molecular flexibility index (Phi) is 8.93. The van der Waals surface area contributed by atoms with Crippen molar-refractivity contribution in [1.82, 2.24) is 24.8 Å². The number of allylic oxidation sites excluding steroid dienone is 1.